The van der Waals surface area contributed by atoms with Crippen molar-refractivity contribution in [3.63, 3.8) is 0 Å². The molecule has 2 aliphatic heterocycles. The molecular formula is C17H19N3O3S2. The fourth-order valence-electron chi connectivity index (χ4n) is 2.66. The number of Topliss-reactive ketones (excluding diaryl/α,β-unsaturated/α-hetero) is 1. The van der Waals surface area contributed by atoms with Crippen molar-refractivity contribution in [3.8, 4) is 0 Å². The zero-order valence-corrected chi connectivity index (χ0v) is 16.3. The topological polar surface area (TPSA) is 62.2 Å². The van der Waals surface area contributed by atoms with Gasteiger partial charge in [0.05, 0.1) is 12.8 Å². The third kappa shape index (κ3) is 2.83. The van der Waals surface area contributed by atoms with Gasteiger partial charge in [-0.15, -0.1) is 0 Å². The third-order valence-corrected chi connectivity index (χ3v) is 7.25. The molecule has 0 fully saturated rings. The maximum atomic E-state index is 12.2. The van der Waals surface area contributed by atoms with Gasteiger partial charge < -0.3 is 9.64 Å². The van der Waals surface area contributed by atoms with Crippen LogP contribution in [0.5, 0.6) is 0 Å². The first-order valence-electron chi connectivity index (χ1n) is 7.67. The molecule has 1 aromatic rings. The molecule has 2 heterocycles. The Morgan fingerprint density at radius 2 is 1.96 bits per heavy atom. The standard InChI is InChI=1S/C17H19N3O3S2/c1-10-7-6-8-13(9-10)20-17(25-15(18-20)12(3)21)19(4)11(2)14(24-17)16(22)23-5/h6-9H,1-5H3. The summed E-state index contributed by atoms with van der Waals surface area (Å²) in [5.74, 6) is -0.481. The lowest BCUT2D eigenvalue weighted by atomic mass is 10.2. The lowest BCUT2D eigenvalue weighted by Crippen LogP contribution is -2.47. The van der Waals surface area contributed by atoms with E-state index in [2.05, 4.69) is 5.10 Å². The van der Waals surface area contributed by atoms with Crippen LogP contribution in [0.15, 0.2) is 40.0 Å². The summed E-state index contributed by atoms with van der Waals surface area (Å²) < 4.78 is 4.15. The van der Waals surface area contributed by atoms with Gasteiger partial charge in [0.2, 0.25) is 4.33 Å². The smallest absolute Gasteiger partial charge is 0.346 e. The molecule has 132 valence electrons. The Hall–Kier alpha value is -1.93. The molecule has 0 saturated heterocycles. The van der Waals surface area contributed by atoms with Crippen LogP contribution in [0.3, 0.4) is 0 Å². The molecule has 0 saturated carbocycles. The molecule has 0 amide bonds. The van der Waals surface area contributed by atoms with Crippen LogP contribution in [0, 0.1) is 6.92 Å². The van der Waals surface area contributed by atoms with Gasteiger partial charge in [-0.25, -0.2) is 9.80 Å². The number of nitrogens with zero attached hydrogens (tertiary/aromatic N) is 3. The quantitative estimate of drug-likeness (QED) is 0.750. The van der Waals surface area contributed by atoms with Crippen LogP contribution < -0.4 is 5.01 Å². The number of aryl methyl sites for hydroxylation is 1. The maximum Gasteiger partial charge on any atom is 0.346 e. The Balaban J connectivity index is 2.08. The molecule has 3 rings (SSSR count). The van der Waals surface area contributed by atoms with Crippen molar-refractivity contribution in [3.05, 3.63) is 40.4 Å². The van der Waals surface area contributed by atoms with Gasteiger partial charge in [-0.2, -0.15) is 5.10 Å². The number of rotatable bonds is 3. The van der Waals surface area contributed by atoms with Crippen LogP contribution in [0.2, 0.25) is 0 Å². The Bertz CT molecular complexity index is 821. The van der Waals surface area contributed by atoms with Gasteiger partial charge in [0.15, 0.2) is 10.8 Å². The summed E-state index contributed by atoms with van der Waals surface area (Å²) in [4.78, 5) is 26.6. The number of hydrogen-bond acceptors (Lipinski definition) is 8. The summed E-state index contributed by atoms with van der Waals surface area (Å²) in [5, 5.41) is 6.79. The van der Waals surface area contributed by atoms with E-state index in [0.717, 1.165) is 16.9 Å². The molecule has 1 atom stereocenters. The Morgan fingerprint density at radius 1 is 1.24 bits per heavy atom. The number of ether oxygens (including phenoxy) is 1. The van der Waals surface area contributed by atoms with Crippen molar-refractivity contribution >= 4 is 46.0 Å². The Labute approximate surface area is 155 Å². The zero-order valence-electron chi connectivity index (χ0n) is 14.7. The maximum absolute atomic E-state index is 12.2. The molecule has 1 unspecified atom stereocenters. The van der Waals surface area contributed by atoms with Crippen LogP contribution in [-0.2, 0) is 14.3 Å². The summed E-state index contributed by atoms with van der Waals surface area (Å²) in [5.41, 5.74) is 2.75. The number of hydrogen-bond donors (Lipinski definition) is 0. The van der Waals surface area contributed by atoms with Crippen molar-refractivity contribution in [1.29, 1.82) is 0 Å². The minimum atomic E-state index is -0.762. The second-order valence-electron chi connectivity index (χ2n) is 5.83. The van der Waals surface area contributed by atoms with E-state index in [9.17, 15) is 9.59 Å². The lowest BCUT2D eigenvalue weighted by molar-refractivity contribution is -0.135. The summed E-state index contributed by atoms with van der Waals surface area (Å²) in [6.07, 6.45) is 0. The van der Waals surface area contributed by atoms with Gasteiger partial charge in [0.25, 0.3) is 0 Å². The van der Waals surface area contributed by atoms with Crippen LogP contribution in [0.1, 0.15) is 19.4 Å². The van der Waals surface area contributed by atoms with Crippen molar-refractivity contribution < 1.29 is 14.3 Å². The highest BCUT2D eigenvalue weighted by atomic mass is 32.2. The first-order valence-corrected chi connectivity index (χ1v) is 9.31. The number of ketones is 1. The summed E-state index contributed by atoms with van der Waals surface area (Å²) in [7, 11) is 3.26. The lowest BCUT2D eigenvalue weighted by Gasteiger charge is -2.39. The van der Waals surface area contributed by atoms with Gasteiger partial charge in [-0.05, 0) is 43.3 Å². The monoisotopic (exact) mass is 377 g/mol. The van der Waals surface area contributed by atoms with Crippen LogP contribution in [0.25, 0.3) is 0 Å². The van der Waals surface area contributed by atoms with E-state index >= 15 is 0 Å². The average Bonchev–Trinajstić information content (AvgIpc) is 3.09. The van der Waals surface area contributed by atoms with E-state index in [0.29, 0.717) is 9.95 Å². The number of thioether (sulfide) groups is 2. The number of carbonyl (C=O) groups is 2. The van der Waals surface area contributed by atoms with Crippen molar-refractivity contribution in [2.24, 2.45) is 5.10 Å². The fraction of sp³-hybridized carbons (Fsp3) is 0.353. The van der Waals surface area contributed by atoms with Crippen molar-refractivity contribution in [2.75, 3.05) is 19.2 Å². The van der Waals surface area contributed by atoms with Crippen LogP contribution in [0.4, 0.5) is 5.69 Å². The number of esters is 1. The number of hydrazone groups is 1. The summed E-state index contributed by atoms with van der Waals surface area (Å²) >= 11 is 2.70. The average molecular weight is 377 g/mol. The fourth-order valence-corrected chi connectivity index (χ4v) is 5.56. The molecule has 2 aliphatic rings. The third-order valence-electron chi connectivity index (χ3n) is 4.10. The molecule has 25 heavy (non-hydrogen) atoms. The van der Waals surface area contributed by atoms with Crippen LogP contribution in [-0.4, -0.2) is 40.2 Å². The van der Waals surface area contributed by atoms with E-state index in [-0.39, 0.29) is 11.8 Å². The zero-order chi connectivity index (χ0) is 18.4. The highest BCUT2D eigenvalue weighted by Crippen LogP contribution is 2.58. The molecule has 1 aromatic carbocycles. The highest BCUT2D eigenvalue weighted by Gasteiger charge is 2.55. The SMILES string of the molecule is COC(=O)C1=C(C)N(C)C2(SC(C(C)=O)=NN2c2cccc(C)c2)S1. The van der Waals surface area contributed by atoms with Gasteiger partial charge in [-0.1, -0.05) is 23.9 Å². The van der Waals surface area contributed by atoms with E-state index in [4.69, 9.17) is 4.74 Å². The molecule has 6 nitrogen and oxygen atoms in total. The second-order valence-corrected chi connectivity index (χ2v) is 8.43. The molecule has 0 radical (unpaired) electrons. The summed E-state index contributed by atoms with van der Waals surface area (Å²) in [6, 6.07) is 7.91. The minimum Gasteiger partial charge on any atom is -0.465 e. The molecule has 0 bridgehead atoms. The van der Waals surface area contributed by atoms with Crippen molar-refractivity contribution in [1.82, 2.24) is 4.90 Å². The first-order chi connectivity index (χ1) is 11.8. The molecule has 1 spiro atoms. The van der Waals surface area contributed by atoms with Crippen molar-refractivity contribution in [2.45, 2.75) is 25.1 Å². The van der Waals surface area contributed by atoms with Gasteiger partial charge in [0.1, 0.15) is 4.91 Å². The number of benzene rings is 1. The molecule has 0 aliphatic carbocycles. The van der Waals surface area contributed by atoms with E-state index in [1.807, 2.05) is 55.1 Å². The van der Waals surface area contributed by atoms with E-state index in [1.54, 1.807) is 0 Å². The number of anilines is 1. The van der Waals surface area contributed by atoms with Gasteiger partial charge in [-0.3, -0.25) is 4.79 Å². The predicted molar refractivity (Wildman–Crippen MR) is 102 cm³/mol. The van der Waals surface area contributed by atoms with Gasteiger partial charge >= 0.3 is 5.97 Å². The van der Waals surface area contributed by atoms with Gasteiger partial charge in [0, 0.05) is 19.7 Å². The minimum absolute atomic E-state index is 0.0994. The highest BCUT2D eigenvalue weighted by molar-refractivity contribution is 8.28. The summed E-state index contributed by atoms with van der Waals surface area (Å²) in [6.45, 7) is 5.37. The van der Waals surface area contributed by atoms with E-state index in [1.165, 1.54) is 37.6 Å². The second kappa shape index (κ2) is 6.42. The molecule has 0 N–H and O–H groups in total. The largest absolute Gasteiger partial charge is 0.465 e. The Morgan fingerprint density at radius 3 is 2.56 bits per heavy atom. The van der Waals surface area contributed by atoms with Crippen LogP contribution >= 0.6 is 23.5 Å². The molecular weight excluding hydrogens is 358 g/mol. The first kappa shape index (κ1) is 17.9. The molecule has 0 aromatic heterocycles. The van der Waals surface area contributed by atoms with E-state index < -0.39 is 4.33 Å². The number of methoxy groups -OCH3 is 1. The number of allylic oxidation sites excluding steroid dienone is 1. The number of carbonyl (C=O) groups excluding carboxylic acids is 2. The molecule has 8 heteroatoms. The normalized spacial score (nSPS) is 22.7. The predicted octanol–water partition coefficient (Wildman–Crippen LogP) is 3.15. The Kier molecular flexibility index (Phi) is 4.59.